The highest BCUT2D eigenvalue weighted by Gasteiger charge is 2.31. The second-order valence-electron chi connectivity index (χ2n) is 7.91. The van der Waals surface area contributed by atoms with Crippen LogP contribution >= 0.6 is 11.8 Å². The van der Waals surface area contributed by atoms with Crippen LogP contribution in [-0.2, 0) is 10.5 Å². The second-order valence-corrected chi connectivity index (χ2v) is 8.88. The third kappa shape index (κ3) is 5.06. The fraction of sp³-hybridized carbons (Fsp3) is 0.320. The van der Waals surface area contributed by atoms with Gasteiger partial charge in [0.1, 0.15) is 5.82 Å². The van der Waals surface area contributed by atoms with Gasteiger partial charge in [-0.1, -0.05) is 49.0 Å². The minimum Gasteiger partial charge on any atom is -0.493 e. The van der Waals surface area contributed by atoms with Gasteiger partial charge in [0.15, 0.2) is 16.7 Å². The SMILES string of the molecule is CCCOc1ccc([C@H]2CC(=O)Nc3nc(SCc4ccccc4C)[nH]c(=O)c32)cc1OC. The van der Waals surface area contributed by atoms with E-state index in [-0.39, 0.29) is 17.9 Å². The smallest absolute Gasteiger partial charge is 0.257 e. The summed E-state index contributed by atoms with van der Waals surface area (Å²) < 4.78 is 11.2. The molecule has 7 nitrogen and oxygen atoms in total. The van der Waals surface area contributed by atoms with Crippen LogP contribution in [0.5, 0.6) is 11.5 Å². The van der Waals surface area contributed by atoms with Gasteiger partial charge in [-0.3, -0.25) is 9.59 Å². The van der Waals surface area contributed by atoms with Gasteiger partial charge in [0.05, 0.1) is 19.3 Å². The lowest BCUT2D eigenvalue weighted by Gasteiger charge is -2.25. The van der Waals surface area contributed by atoms with Gasteiger partial charge in [-0.2, -0.15) is 0 Å². The van der Waals surface area contributed by atoms with Crippen LogP contribution in [0, 0.1) is 6.92 Å². The van der Waals surface area contributed by atoms with Gasteiger partial charge < -0.3 is 19.8 Å². The first-order valence-electron chi connectivity index (χ1n) is 10.9. The highest BCUT2D eigenvalue weighted by Crippen LogP contribution is 2.38. The van der Waals surface area contributed by atoms with E-state index in [1.54, 1.807) is 7.11 Å². The maximum absolute atomic E-state index is 13.1. The number of carbonyl (C=O) groups excluding carboxylic acids is 1. The number of ether oxygens (including phenoxy) is 2. The van der Waals surface area contributed by atoms with Crippen molar-refractivity contribution in [2.24, 2.45) is 0 Å². The number of aromatic nitrogens is 2. The first-order valence-corrected chi connectivity index (χ1v) is 11.9. The Bertz CT molecular complexity index is 1220. The molecule has 1 atom stereocenters. The molecule has 3 aromatic rings. The molecule has 4 rings (SSSR count). The van der Waals surface area contributed by atoms with E-state index < -0.39 is 5.92 Å². The molecule has 0 radical (unpaired) electrons. The van der Waals surface area contributed by atoms with E-state index in [9.17, 15) is 9.59 Å². The molecule has 0 saturated carbocycles. The average molecular weight is 466 g/mol. The maximum Gasteiger partial charge on any atom is 0.257 e. The topological polar surface area (TPSA) is 93.3 Å². The summed E-state index contributed by atoms with van der Waals surface area (Å²) in [4.78, 5) is 33.1. The Morgan fingerprint density at radius 1 is 1.15 bits per heavy atom. The van der Waals surface area contributed by atoms with Gasteiger partial charge in [-0.25, -0.2) is 4.98 Å². The molecule has 1 aliphatic rings. The molecule has 0 aliphatic carbocycles. The van der Waals surface area contributed by atoms with Gasteiger partial charge in [-0.05, 0) is 42.2 Å². The Morgan fingerprint density at radius 3 is 2.73 bits per heavy atom. The van der Waals surface area contributed by atoms with E-state index in [1.807, 2.05) is 37.3 Å². The molecule has 0 spiro atoms. The summed E-state index contributed by atoms with van der Waals surface area (Å²) in [5.41, 5.74) is 3.36. The Morgan fingerprint density at radius 2 is 1.97 bits per heavy atom. The Labute approximate surface area is 196 Å². The standard InChI is InChI=1S/C25H27N3O4S/c1-4-11-32-19-10-9-16(12-20(19)31-3)18-13-21(29)26-23-22(18)24(30)28-25(27-23)33-14-17-8-6-5-7-15(17)2/h5-10,12,18H,4,11,13-14H2,1-3H3,(H2,26,27,28,29,30)/t18-/m1/s1. The number of nitrogens with zero attached hydrogens (tertiary/aromatic N) is 1. The lowest BCUT2D eigenvalue weighted by atomic mass is 9.86. The molecule has 0 unspecified atom stereocenters. The third-order valence-corrected chi connectivity index (χ3v) is 6.53. The minimum atomic E-state index is -0.422. The number of H-pyrrole nitrogens is 1. The van der Waals surface area contributed by atoms with Gasteiger partial charge in [0.25, 0.3) is 5.56 Å². The summed E-state index contributed by atoms with van der Waals surface area (Å²) in [5, 5.41) is 3.25. The Hall–Kier alpha value is -3.26. The molecule has 172 valence electrons. The number of fused-ring (bicyclic) bond motifs is 1. The fourth-order valence-corrected chi connectivity index (χ4v) is 4.79. The number of nitrogens with one attached hydrogen (secondary N) is 2. The summed E-state index contributed by atoms with van der Waals surface area (Å²) >= 11 is 1.43. The number of amides is 1. The summed E-state index contributed by atoms with van der Waals surface area (Å²) in [6.45, 7) is 4.67. The fourth-order valence-electron chi connectivity index (χ4n) is 3.85. The molecular weight excluding hydrogens is 438 g/mol. The monoisotopic (exact) mass is 465 g/mol. The van der Waals surface area contributed by atoms with Crippen LogP contribution in [0.4, 0.5) is 5.82 Å². The summed E-state index contributed by atoms with van der Waals surface area (Å²) in [6.07, 6.45) is 1.04. The van der Waals surface area contributed by atoms with E-state index >= 15 is 0 Å². The molecule has 2 aromatic carbocycles. The number of aryl methyl sites for hydroxylation is 1. The van der Waals surface area contributed by atoms with Crippen molar-refractivity contribution in [2.45, 2.75) is 43.5 Å². The van der Waals surface area contributed by atoms with Crippen LogP contribution in [0.15, 0.2) is 52.4 Å². The normalized spacial score (nSPS) is 15.0. The zero-order valence-corrected chi connectivity index (χ0v) is 19.8. The van der Waals surface area contributed by atoms with Crippen molar-refractivity contribution in [1.29, 1.82) is 0 Å². The van der Waals surface area contributed by atoms with Crippen molar-refractivity contribution >= 4 is 23.5 Å². The molecule has 1 amide bonds. The molecule has 2 N–H and O–H groups in total. The molecule has 1 aromatic heterocycles. The van der Waals surface area contributed by atoms with Crippen LogP contribution in [0.1, 0.15) is 47.9 Å². The molecular formula is C25H27N3O4S. The first kappa shape index (κ1) is 22.9. The molecule has 33 heavy (non-hydrogen) atoms. The van der Waals surface area contributed by atoms with E-state index in [0.717, 1.165) is 12.0 Å². The zero-order valence-electron chi connectivity index (χ0n) is 18.9. The lowest BCUT2D eigenvalue weighted by Crippen LogP contribution is -2.31. The molecule has 0 fully saturated rings. The van der Waals surface area contributed by atoms with Gasteiger partial charge >= 0.3 is 0 Å². The lowest BCUT2D eigenvalue weighted by molar-refractivity contribution is -0.116. The number of carbonyl (C=O) groups is 1. The van der Waals surface area contributed by atoms with E-state index in [1.165, 1.54) is 22.9 Å². The number of methoxy groups -OCH3 is 1. The third-order valence-electron chi connectivity index (χ3n) is 5.61. The Balaban J connectivity index is 1.64. The quantitative estimate of drug-likeness (QED) is 0.372. The van der Waals surface area contributed by atoms with Gasteiger partial charge in [0.2, 0.25) is 5.91 Å². The van der Waals surface area contributed by atoms with Crippen molar-refractivity contribution < 1.29 is 14.3 Å². The predicted octanol–water partition coefficient (Wildman–Crippen LogP) is 4.64. The van der Waals surface area contributed by atoms with Crippen LogP contribution < -0.4 is 20.3 Å². The summed E-state index contributed by atoms with van der Waals surface area (Å²) in [6, 6.07) is 13.6. The Kier molecular flexibility index (Phi) is 7.03. The molecule has 1 aliphatic heterocycles. The molecule has 0 saturated heterocycles. The molecule has 8 heteroatoms. The highest BCUT2D eigenvalue weighted by molar-refractivity contribution is 7.98. The number of hydrogen-bond acceptors (Lipinski definition) is 6. The number of benzene rings is 2. The molecule has 0 bridgehead atoms. The van der Waals surface area contributed by atoms with Crippen molar-refractivity contribution in [3.63, 3.8) is 0 Å². The van der Waals surface area contributed by atoms with Gasteiger partial charge in [0, 0.05) is 18.1 Å². The van der Waals surface area contributed by atoms with Crippen molar-refractivity contribution in [3.8, 4) is 11.5 Å². The van der Waals surface area contributed by atoms with Crippen LogP contribution in [0.25, 0.3) is 0 Å². The zero-order chi connectivity index (χ0) is 23.4. The van der Waals surface area contributed by atoms with E-state index in [0.29, 0.717) is 40.4 Å². The number of thioether (sulfide) groups is 1. The van der Waals surface area contributed by atoms with Crippen molar-refractivity contribution in [2.75, 3.05) is 19.0 Å². The van der Waals surface area contributed by atoms with Crippen LogP contribution in [0.2, 0.25) is 0 Å². The second kappa shape index (κ2) is 10.1. The van der Waals surface area contributed by atoms with Gasteiger partial charge in [-0.15, -0.1) is 0 Å². The first-order chi connectivity index (χ1) is 16.0. The molecule has 2 heterocycles. The van der Waals surface area contributed by atoms with Crippen LogP contribution in [-0.4, -0.2) is 29.6 Å². The predicted molar refractivity (Wildman–Crippen MR) is 129 cm³/mol. The number of aromatic amines is 1. The van der Waals surface area contributed by atoms with Crippen LogP contribution in [0.3, 0.4) is 0 Å². The summed E-state index contributed by atoms with van der Waals surface area (Å²) in [5.74, 6) is 1.60. The maximum atomic E-state index is 13.1. The average Bonchev–Trinajstić information content (AvgIpc) is 2.81. The van der Waals surface area contributed by atoms with E-state index in [4.69, 9.17) is 9.47 Å². The number of hydrogen-bond donors (Lipinski definition) is 2. The minimum absolute atomic E-state index is 0.159. The number of anilines is 1. The van der Waals surface area contributed by atoms with E-state index in [2.05, 4.69) is 34.3 Å². The number of rotatable bonds is 8. The highest BCUT2D eigenvalue weighted by atomic mass is 32.2. The summed E-state index contributed by atoms with van der Waals surface area (Å²) in [7, 11) is 1.58. The van der Waals surface area contributed by atoms with Crippen molar-refractivity contribution in [1.82, 2.24) is 9.97 Å². The largest absolute Gasteiger partial charge is 0.493 e. The van der Waals surface area contributed by atoms with Crippen molar-refractivity contribution in [3.05, 3.63) is 75.1 Å².